The number of hydrogen-bond acceptors (Lipinski definition) is 3. The van der Waals surface area contributed by atoms with Crippen molar-refractivity contribution in [3.8, 4) is 0 Å². The van der Waals surface area contributed by atoms with Gasteiger partial charge in [-0.2, -0.15) is 0 Å². The largest absolute Gasteiger partial charge is 0.478 e. The summed E-state index contributed by atoms with van der Waals surface area (Å²) in [6.45, 7) is 0. The van der Waals surface area contributed by atoms with Crippen molar-refractivity contribution >= 4 is 45.8 Å². The van der Waals surface area contributed by atoms with Crippen LogP contribution < -0.4 is 5.32 Å². The summed E-state index contributed by atoms with van der Waals surface area (Å²) in [6, 6.07) is 4.63. The lowest BCUT2D eigenvalue weighted by Crippen LogP contribution is -2.14. The van der Waals surface area contributed by atoms with E-state index in [9.17, 15) is 19.1 Å². The number of carboxylic acid groups (broad SMARTS) is 1. The highest BCUT2D eigenvalue weighted by atomic mass is 127. The van der Waals surface area contributed by atoms with Crippen LogP contribution >= 0.6 is 22.6 Å². The first-order valence-corrected chi connectivity index (χ1v) is 8.18. The van der Waals surface area contributed by atoms with Crippen LogP contribution in [0.3, 0.4) is 0 Å². The smallest absolute Gasteiger partial charge is 0.339 e. The molecule has 0 saturated heterocycles. The molecule has 23 heavy (non-hydrogen) atoms. The van der Waals surface area contributed by atoms with Crippen LogP contribution in [0.15, 0.2) is 18.2 Å². The molecule has 0 aliphatic heterocycles. The van der Waals surface area contributed by atoms with Gasteiger partial charge in [0.1, 0.15) is 17.2 Å². The molecule has 120 valence electrons. The van der Waals surface area contributed by atoms with Crippen molar-refractivity contribution in [2.24, 2.45) is 7.05 Å². The Morgan fingerprint density at radius 3 is 2.78 bits per heavy atom. The number of carbonyl (C=O) groups excluding carboxylic acids is 1. The Bertz CT molecular complexity index is 829. The number of fused-ring (bicyclic) bond motifs is 1. The van der Waals surface area contributed by atoms with Gasteiger partial charge in [0.25, 0.3) is 0 Å². The first kappa shape index (κ1) is 16.0. The van der Waals surface area contributed by atoms with Gasteiger partial charge in [-0.3, -0.25) is 4.79 Å². The van der Waals surface area contributed by atoms with Gasteiger partial charge in [-0.05, 0) is 59.2 Å². The minimum absolute atomic E-state index is 0.0495. The van der Waals surface area contributed by atoms with Crippen molar-refractivity contribution in [2.45, 2.75) is 19.3 Å². The predicted molar refractivity (Wildman–Crippen MR) is 92.0 cm³/mol. The molecule has 0 unspecified atom stereocenters. The summed E-state index contributed by atoms with van der Waals surface area (Å²) in [7, 11) is 1.63. The number of halogens is 2. The Balaban J connectivity index is 2.15. The fourth-order valence-electron chi connectivity index (χ4n) is 2.98. The first-order valence-electron chi connectivity index (χ1n) is 7.10. The number of aromatic nitrogens is 1. The molecule has 0 amide bonds. The highest BCUT2D eigenvalue weighted by Crippen LogP contribution is 2.34. The summed E-state index contributed by atoms with van der Waals surface area (Å²) in [4.78, 5) is 23.8. The summed E-state index contributed by atoms with van der Waals surface area (Å²) in [5.74, 6) is -1.44. The molecule has 0 spiro atoms. The Labute approximate surface area is 145 Å². The molecule has 2 aromatic rings. The number of nitrogens with zero attached hydrogens (tertiary/aromatic N) is 1. The third-order valence-corrected chi connectivity index (χ3v) is 4.66. The van der Waals surface area contributed by atoms with E-state index >= 15 is 0 Å². The summed E-state index contributed by atoms with van der Waals surface area (Å²) < 4.78 is 16.3. The number of Topliss-reactive ketones (excluding diaryl/α,β-unsaturated/α-hetero) is 1. The molecule has 0 saturated carbocycles. The van der Waals surface area contributed by atoms with Gasteiger partial charge in [0, 0.05) is 17.0 Å². The topological polar surface area (TPSA) is 71.3 Å². The van der Waals surface area contributed by atoms with E-state index in [-0.39, 0.29) is 22.9 Å². The standard InChI is InChI=1S/C16H14FIN2O3/c1-20-14-9(3-2-4-12(14)21)13(16(22)23)15(20)19-11-6-5-8(18)7-10(11)17/h5-7,19H,2-4H2,1H3,(H,22,23). The van der Waals surface area contributed by atoms with Crippen LogP contribution in [0.2, 0.25) is 0 Å². The van der Waals surface area contributed by atoms with E-state index in [2.05, 4.69) is 5.32 Å². The summed E-state index contributed by atoms with van der Waals surface area (Å²) in [5, 5.41) is 12.4. The normalized spacial score (nSPS) is 13.8. The van der Waals surface area contributed by atoms with Crippen molar-refractivity contribution in [3.63, 3.8) is 0 Å². The van der Waals surface area contributed by atoms with Gasteiger partial charge in [0.2, 0.25) is 0 Å². The van der Waals surface area contributed by atoms with Gasteiger partial charge in [0.15, 0.2) is 5.78 Å². The monoisotopic (exact) mass is 428 g/mol. The molecule has 0 atom stereocenters. The van der Waals surface area contributed by atoms with E-state index < -0.39 is 11.8 Å². The Morgan fingerprint density at radius 2 is 2.13 bits per heavy atom. The zero-order valence-electron chi connectivity index (χ0n) is 12.3. The van der Waals surface area contributed by atoms with Gasteiger partial charge < -0.3 is 15.0 Å². The van der Waals surface area contributed by atoms with Crippen LogP contribution in [0.5, 0.6) is 0 Å². The average molecular weight is 428 g/mol. The van der Waals surface area contributed by atoms with Crippen LogP contribution in [-0.4, -0.2) is 21.4 Å². The summed E-state index contributed by atoms with van der Waals surface area (Å²) >= 11 is 2.00. The van der Waals surface area contributed by atoms with Gasteiger partial charge in [-0.1, -0.05) is 0 Å². The Hall–Kier alpha value is -1.90. The molecular weight excluding hydrogens is 414 g/mol. The van der Waals surface area contributed by atoms with E-state index in [1.807, 2.05) is 22.6 Å². The Kier molecular flexibility index (Phi) is 4.13. The molecule has 3 rings (SSSR count). The lowest BCUT2D eigenvalue weighted by atomic mass is 9.94. The number of hydrogen-bond donors (Lipinski definition) is 2. The molecular formula is C16H14FIN2O3. The van der Waals surface area contributed by atoms with Crippen LogP contribution in [0.4, 0.5) is 15.9 Å². The maximum absolute atomic E-state index is 14.1. The summed E-state index contributed by atoms with van der Waals surface area (Å²) in [5.41, 5.74) is 1.17. The second-order valence-corrected chi connectivity index (χ2v) is 6.69. The molecule has 5 nitrogen and oxygen atoms in total. The van der Waals surface area contributed by atoms with E-state index in [0.29, 0.717) is 30.5 Å². The maximum Gasteiger partial charge on any atom is 0.339 e. The van der Waals surface area contributed by atoms with Crippen molar-refractivity contribution in [1.82, 2.24) is 4.57 Å². The highest BCUT2D eigenvalue weighted by molar-refractivity contribution is 14.1. The summed E-state index contributed by atoms with van der Waals surface area (Å²) in [6.07, 6.45) is 1.57. The molecule has 1 aromatic carbocycles. The number of carbonyl (C=O) groups is 2. The van der Waals surface area contributed by atoms with Gasteiger partial charge >= 0.3 is 5.97 Å². The molecule has 1 aromatic heterocycles. The molecule has 1 aliphatic rings. The third kappa shape index (κ3) is 2.73. The minimum Gasteiger partial charge on any atom is -0.478 e. The SMILES string of the molecule is Cn1c(Nc2ccc(I)cc2F)c(C(=O)O)c2c1C(=O)CCC2. The zero-order chi connectivity index (χ0) is 16.7. The first-order chi connectivity index (χ1) is 10.9. The van der Waals surface area contributed by atoms with E-state index in [4.69, 9.17) is 0 Å². The second-order valence-electron chi connectivity index (χ2n) is 5.44. The zero-order valence-corrected chi connectivity index (χ0v) is 14.5. The lowest BCUT2D eigenvalue weighted by Gasteiger charge is -2.12. The number of aromatic carboxylic acids is 1. The average Bonchev–Trinajstić information content (AvgIpc) is 2.76. The fraction of sp³-hybridized carbons (Fsp3) is 0.250. The van der Waals surface area contributed by atoms with Crippen molar-refractivity contribution < 1.29 is 19.1 Å². The number of anilines is 2. The van der Waals surface area contributed by atoms with Crippen LogP contribution in [0.1, 0.15) is 39.3 Å². The molecule has 0 radical (unpaired) electrons. The molecule has 1 heterocycles. The number of nitrogens with one attached hydrogen (secondary N) is 1. The highest BCUT2D eigenvalue weighted by Gasteiger charge is 2.31. The van der Waals surface area contributed by atoms with Crippen LogP contribution in [-0.2, 0) is 13.5 Å². The number of ketones is 1. The lowest BCUT2D eigenvalue weighted by molar-refractivity contribution is 0.0697. The molecule has 0 bridgehead atoms. The second kappa shape index (κ2) is 5.95. The molecule has 0 fully saturated rings. The maximum atomic E-state index is 14.1. The number of carboxylic acids is 1. The van der Waals surface area contributed by atoms with Gasteiger partial charge in [0.05, 0.1) is 11.4 Å². The quantitative estimate of drug-likeness (QED) is 0.732. The molecule has 7 heteroatoms. The van der Waals surface area contributed by atoms with Crippen LogP contribution in [0, 0.1) is 9.39 Å². The van der Waals surface area contributed by atoms with Crippen LogP contribution in [0.25, 0.3) is 0 Å². The van der Waals surface area contributed by atoms with Gasteiger partial charge in [-0.15, -0.1) is 0 Å². The van der Waals surface area contributed by atoms with E-state index in [1.165, 1.54) is 10.6 Å². The predicted octanol–water partition coefficient (Wildman–Crippen LogP) is 3.73. The molecule has 1 aliphatic carbocycles. The number of rotatable bonds is 3. The van der Waals surface area contributed by atoms with E-state index in [1.54, 1.807) is 19.2 Å². The van der Waals surface area contributed by atoms with Crippen molar-refractivity contribution in [3.05, 3.63) is 44.4 Å². The van der Waals surface area contributed by atoms with Gasteiger partial charge in [-0.25, -0.2) is 9.18 Å². The van der Waals surface area contributed by atoms with Crippen molar-refractivity contribution in [1.29, 1.82) is 0 Å². The third-order valence-electron chi connectivity index (χ3n) is 3.99. The minimum atomic E-state index is -1.12. The number of benzene rings is 1. The van der Waals surface area contributed by atoms with Crippen molar-refractivity contribution in [2.75, 3.05) is 5.32 Å². The molecule has 2 N–H and O–H groups in total. The fourth-order valence-corrected chi connectivity index (χ4v) is 3.43. The van der Waals surface area contributed by atoms with E-state index in [0.717, 1.165) is 3.57 Å². The Morgan fingerprint density at radius 1 is 1.39 bits per heavy atom.